The highest BCUT2D eigenvalue weighted by atomic mass is 15.0. The van der Waals surface area contributed by atoms with Crippen molar-refractivity contribution in [2.45, 2.75) is 62.9 Å². The third-order valence-electron chi connectivity index (χ3n) is 5.47. The molecule has 4 unspecified atom stereocenters. The second-order valence-electron chi connectivity index (χ2n) is 6.99. The first-order valence-corrected chi connectivity index (χ1v) is 8.21. The van der Waals surface area contributed by atoms with Crippen molar-refractivity contribution in [1.29, 1.82) is 0 Å². The van der Waals surface area contributed by atoms with Crippen molar-refractivity contribution >= 4 is 0 Å². The molecule has 102 valence electrons. The molecule has 1 nitrogen and oxygen atoms in total. The summed E-state index contributed by atoms with van der Waals surface area (Å²) < 4.78 is 0. The molecule has 3 aliphatic rings. The smallest absolute Gasteiger partial charge is 0.0145 e. The van der Waals surface area contributed by atoms with Gasteiger partial charge < -0.3 is 5.32 Å². The topological polar surface area (TPSA) is 12.0 Å². The Labute approximate surface area is 116 Å². The minimum absolute atomic E-state index is 0.769. The van der Waals surface area contributed by atoms with Gasteiger partial charge in [0.1, 0.15) is 0 Å². The first-order valence-electron chi connectivity index (χ1n) is 8.21. The summed E-state index contributed by atoms with van der Waals surface area (Å²) in [7, 11) is 0. The van der Waals surface area contributed by atoms with Crippen LogP contribution in [0.4, 0.5) is 0 Å². The highest BCUT2D eigenvalue weighted by Crippen LogP contribution is 2.46. The largest absolute Gasteiger partial charge is 0.311 e. The van der Waals surface area contributed by atoms with Crippen molar-refractivity contribution < 1.29 is 0 Å². The molecule has 0 spiro atoms. The zero-order valence-electron chi connectivity index (χ0n) is 11.7. The standard InChI is InChI=1S/C18H25N/c1-2-5-14(6-3-1)17-12-18(17)19-16-8-4-7-15(11-16)13-9-10-13/h1-3,5-6,13,15-19H,4,7-12H2. The molecular formula is C18H25N. The van der Waals surface area contributed by atoms with Crippen molar-refractivity contribution in [3.05, 3.63) is 35.9 Å². The van der Waals surface area contributed by atoms with Gasteiger partial charge in [-0.05, 0) is 49.5 Å². The lowest BCUT2D eigenvalue weighted by molar-refractivity contribution is 0.259. The van der Waals surface area contributed by atoms with Crippen LogP contribution in [0, 0.1) is 11.8 Å². The zero-order valence-corrected chi connectivity index (χ0v) is 11.7. The number of hydrogen-bond donors (Lipinski definition) is 1. The van der Waals surface area contributed by atoms with Gasteiger partial charge in [-0.25, -0.2) is 0 Å². The van der Waals surface area contributed by atoms with Crippen LogP contribution in [0.25, 0.3) is 0 Å². The summed E-state index contributed by atoms with van der Waals surface area (Å²) in [4.78, 5) is 0. The Morgan fingerprint density at radius 3 is 2.47 bits per heavy atom. The third-order valence-corrected chi connectivity index (χ3v) is 5.47. The lowest BCUT2D eigenvalue weighted by Gasteiger charge is -2.30. The maximum absolute atomic E-state index is 3.95. The van der Waals surface area contributed by atoms with Gasteiger partial charge in [0.2, 0.25) is 0 Å². The molecule has 3 aliphatic carbocycles. The lowest BCUT2D eigenvalue weighted by Crippen LogP contribution is -2.36. The fourth-order valence-corrected chi connectivity index (χ4v) is 4.13. The number of rotatable bonds is 4. The summed E-state index contributed by atoms with van der Waals surface area (Å²) in [5, 5.41) is 3.95. The summed E-state index contributed by atoms with van der Waals surface area (Å²) >= 11 is 0. The average molecular weight is 255 g/mol. The van der Waals surface area contributed by atoms with E-state index in [1.54, 1.807) is 0 Å². The minimum Gasteiger partial charge on any atom is -0.311 e. The molecule has 0 aliphatic heterocycles. The van der Waals surface area contributed by atoms with Crippen molar-refractivity contribution in [2.75, 3.05) is 0 Å². The molecule has 0 radical (unpaired) electrons. The van der Waals surface area contributed by atoms with Crippen molar-refractivity contribution in [2.24, 2.45) is 11.8 Å². The fourth-order valence-electron chi connectivity index (χ4n) is 4.13. The maximum Gasteiger partial charge on any atom is 0.0145 e. The molecule has 0 bridgehead atoms. The van der Waals surface area contributed by atoms with Gasteiger partial charge >= 0.3 is 0 Å². The van der Waals surface area contributed by atoms with Gasteiger partial charge in [-0.1, -0.05) is 43.2 Å². The molecule has 0 aromatic heterocycles. The Morgan fingerprint density at radius 2 is 1.68 bits per heavy atom. The predicted octanol–water partition coefficient (Wildman–Crippen LogP) is 4.10. The van der Waals surface area contributed by atoms with Gasteiger partial charge in [-0.2, -0.15) is 0 Å². The Morgan fingerprint density at radius 1 is 0.842 bits per heavy atom. The summed E-state index contributed by atoms with van der Waals surface area (Å²) in [6.45, 7) is 0. The van der Waals surface area contributed by atoms with Crippen LogP contribution in [0.2, 0.25) is 0 Å². The van der Waals surface area contributed by atoms with Crippen molar-refractivity contribution in [1.82, 2.24) is 5.32 Å². The number of nitrogens with one attached hydrogen (secondary N) is 1. The van der Waals surface area contributed by atoms with E-state index in [9.17, 15) is 0 Å². The normalized spacial score (nSPS) is 38.1. The summed E-state index contributed by atoms with van der Waals surface area (Å²) in [6.07, 6.45) is 10.2. The molecule has 3 fully saturated rings. The highest BCUT2D eigenvalue weighted by molar-refractivity contribution is 5.27. The van der Waals surface area contributed by atoms with E-state index in [0.717, 1.165) is 29.8 Å². The highest BCUT2D eigenvalue weighted by Gasteiger charge is 2.41. The van der Waals surface area contributed by atoms with Crippen LogP contribution in [-0.4, -0.2) is 12.1 Å². The summed E-state index contributed by atoms with van der Waals surface area (Å²) in [6, 6.07) is 12.6. The van der Waals surface area contributed by atoms with Gasteiger partial charge in [0.05, 0.1) is 0 Å². The Balaban J connectivity index is 1.31. The van der Waals surface area contributed by atoms with E-state index >= 15 is 0 Å². The van der Waals surface area contributed by atoms with Crippen LogP contribution in [0.15, 0.2) is 30.3 Å². The summed E-state index contributed by atoms with van der Waals surface area (Å²) in [5.74, 6) is 2.96. The van der Waals surface area contributed by atoms with E-state index in [1.165, 1.54) is 50.5 Å². The molecule has 1 aromatic carbocycles. The van der Waals surface area contributed by atoms with E-state index in [-0.39, 0.29) is 0 Å². The van der Waals surface area contributed by atoms with Crippen LogP contribution >= 0.6 is 0 Å². The zero-order chi connectivity index (χ0) is 12.7. The van der Waals surface area contributed by atoms with Gasteiger partial charge in [0.25, 0.3) is 0 Å². The van der Waals surface area contributed by atoms with Crippen LogP contribution in [0.5, 0.6) is 0 Å². The molecule has 0 heterocycles. The van der Waals surface area contributed by atoms with Crippen LogP contribution in [-0.2, 0) is 0 Å². The van der Waals surface area contributed by atoms with Crippen molar-refractivity contribution in [3.63, 3.8) is 0 Å². The van der Waals surface area contributed by atoms with Gasteiger partial charge in [-0.3, -0.25) is 0 Å². The first-order chi connectivity index (χ1) is 9.40. The lowest BCUT2D eigenvalue weighted by atomic mass is 9.82. The predicted molar refractivity (Wildman–Crippen MR) is 79.2 cm³/mol. The summed E-state index contributed by atoms with van der Waals surface area (Å²) in [5.41, 5.74) is 1.54. The van der Waals surface area contributed by atoms with E-state index < -0.39 is 0 Å². The molecule has 1 heteroatoms. The molecular weight excluding hydrogens is 230 g/mol. The second kappa shape index (κ2) is 4.94. The molecule has 4 atom stereocenters. The molecule has 1 N–H and O–H groups in total. The molecule has 19 heavy (non-hydrogen) atoms. The Kier molecular flexibility index (Phi) is 3.11. The minimum atomic E-state index is 0.769. The van der Waals surface area contributed by atoms with Crippen LogP contribution in [0.3, 0.4) is 0 Å². The number of hydrogen-bond acceptors (Lipinski definition) is 1. The van der Waals surface area contributed by atoms with Gasteiger partial charge in [0, 0.05) is 18.0 Å². The van der Waals surface area contributed by atoms with E-state index in [0.29, 0.717) is 0 Å². The average Bonchev–Trinajstić information content (AvgIpc) is 3.35. The Hall–Kier alpha value is -0.820. The Bertz CT molecular complexity index is 423. The second-order valence-corrected chi connectivity index (χ2v) is 6.99. The van der Waals surface area contributed by atoms with Gasteiger partial charge in [0.15, 0.2) is 0 Å². The third kappa shape index (κ3) is 2.72. The first kappa shape index (κ1) is 12.0. The van der Waals surface area contributed by atoms with E-state index in [1.807, 2.05) is 0 Å². The number of benzene rings is 1. The maximum atomic E-state index is 3.95. The molecule has 3 saturated carbocycles. The van der Waals surface area contributed by atoms with Crippen LogP contribution in [0.1, 0.15) is 56.4 Å². The fraction of sp³-hybridized carbons (Fsp3) is 0.667. The molecule has 0 saturated heterocycles. The van der Waals surface area contributed by atoms with Crippen molar-refractivity contribution in [3.8, 4) is 0 Å². The SMILES string of the molecule is c1ccc(C2CC2NC2CCCC(C3CC3)C2)cc1. The van der Waals surface area contributed by atoms with Gasteiger partial charge in [-0.15, -0.1) is 0 Å². The molecule has 1 aromatic rings. The van der Waals surface area contributed by atoms with E-state index in [4.69, 9.17) is 0 Å². The molecule has 0 amide bonds. The van der Waals surface area contributed by atoms with Crippen LogP contribution < -0.4 is 5.32 Å². The quantitative estimate of drug-likeness (QED) is 0.854. The monoisotopic (exact) mass is 255 g/mol. The molecule has 4 rings (SSSR count). The van der Waals surface area contributed by atoms with E-state index in [2.05, 4.69) is 35.6 Å².